The van der Waals surface area contributed by atoms with Gasteiger partial charge in [-0.3, -0.25) is 57.5 Å². The largest absolute Gasteiger partial charge is 0.368 e. The molecule has 0 aliphatic rings. The average molecular weight is 1760 g/mol. The summed E-state index contributed by atoms with van der Waals surface area (Å²) >= 11 is 0. The van der Waals surface area contributed by atoms with Crippen molar-refractivity contribution in [2.75, 3.05) is 39.3 Å². The second-order valence-electron chi connectivity index (χ2n) is 32.6. The number of fused-ring (bicyclic) bond motifs is 6. The Morgan fingerprint density at radius 1 is 0.248 bits per heavy atom. The van der Waals surface area contributed by atoms with Gasteiger partial charge in [-0.2, -0.15) is 0 Å². The fraction of sp³-hybridized carbons (Fsp3) is 0.362. The lowest BCUT2D eigenvalue weighted by atomic mass is 10.0. The summed E-state index contributed by atoms with van der Waals surface area (Å²) in [5, 5.41) is 35.4. The van der Waals surface area contributed by atoms with Crippen molar-refractivity contribution in [3.05, 3.63) is 216 Å². The van der Waals surface area contributed by atoms with Crippen molar-refractivity contribution in [1.29, 1.82) is 0 Å². The van der Waals surface area contributed by atoms with E-state index >= 15 is 24.0 Å². The molecular formula is C94H117N23O12. The van der Waals surface area contributed by atoms with E-state index < -0.39 is 144 Å². The SMILES string of the molecule is NCCCC[C@@H](NC(=O)[C@H](N)Cc1c[nH]c2ccccc12)C(=O)N[C@H](Cc1c[nH]c2ccccc12)C(=O)N[C@H](CCCCN)C(=O)N[C@H](Cc1c[nH]c2ccccc12)C(=O)NCC(=O)NCC(=O)N[C@H](Cc1c[nH]c2ccccc12)C(=O)N[C@H](CCCCN)C(=O)N[C@H](Cc1c[nH]c2ccccc12)C(=O)N[C@H](CCCCN)C(=O)N[C@H](Cc1c[nH]c2ccccc12)C(N)=O. The summed E-state index contributed by atoms with van der Waals surface area (Å²) < 4.78 is 0. The van der Waals surface area contributed by atoms with Crippen LogP contribution in [0.3, 0.4) is 0 Å². The van der Waals surface area contributed by atoms with Crippen molar-refractivity contribution in [3.8, 4) is 0 Å². The maximum atomic E-state index is 15.2. The molecule has 0 unspecified atom stereocenters. The van der Waals surface area contributed by atoms with Crippen molar-refractivity contribution in [2.24, 2.45) is 34.4 Å². The predicted molar refractivity (Wildman–Crippen MR) is 494 cm³/mol. The summed E-state index contributed by atoms with van der Waals surface area (Å²) in [4.78, 5) is 194. The van der Waals surface area contributed by atoms with Crippen LogP contribution in [0.5, 0.6) is 0 Å². The van der Waals surface area contributed by atoms with Gasteiger partial charge >= 0.3 is 0 Å². The van der Waals surface area contributed by atoms with Crippen LogP contribution in [0.1, 0.15) is 110 Å². The molecule has 10 atom stereocenters. The van der Waals surface area contributed by atoms with Crippen LogP contribution in [-0.4, -0.2) is 200 Å². The van der Waals surface area contributed by atoms with Gasteiger partial charge < -0.3 is 123 Å². The molecule has 12 amide bonds. The fourth-order valence-corrected chi connectivity index (χ4v) is 16.3. The number of carbonyl (C=O) groups excluding carboxylic acids is 12. The van der Waals surface area contributed by atoms with E-state index in [0.29, 0.717) is 91.1 Å². The van der Waals surface area contributed by atoms with Crippen LogP contribution >= 0.6 is 0 Å². The van der Waals surface area contributed by atoms with Crippen LogP contribution in [0.4, 0.5) is 0 Å². The number of nitrogens with two attached hydrogens (primary N) is 6. The van der Waals surface area contributed by atoms with Crippen LogP contribution in [0.15, 0.2) is 183 Å². The van der Waals surface area contributed by atoms with Crippen LogP contribution in [0.2, 0.25) is 0 Å². The van der Waals surface area contributed by atoms with E-state index in [-0.39, 0.29) is 83.8 Å². The Balaban J connectivity index is 0.736. The summed E-state index contributed by atoms with van der Waals surface area (Å²) in [6.45, 7) is -0.416. The first-order valence-electron chi connectivity index (χ1n) is 44.0. The Morgan fingerprint density at radius 2 is 0.473 bits per heavy atom. The van der Waals surface area contributed by atoms with Gasteiger partial charge in [-0.1, -0.05) is 109 Å². The number of benzene rings is 6. The number of aromatic nitrogens is 6. The van der Waals surface area contributed by atoms with Crippen molar-refractivity contribution in [2.45, 2.75) is 176 Å². The maximum absolute atomic E-state index is 15.2. The lowest BCUT2D eigenvalue weighted by Crippen LogP contribution is -2.60. The minimum atomic E-state index is -1.44. The van der Waals surface area contributed by atoms with Gasteiger partial charge in [-0.05, 0) is 179 Å². The Morgan fingerprint density at radius 3 is 0.760 bits per heavy atom. The summed E-state index contributed by atoms with van der Waals surface area (Å²) in [5.74, 6) is -9.34. The molecule has 35 nitrogen and oxygen atoms in total. The third kappa shape index (κ3) is 25.7. The molecule has 0 aliphatic heterocycles. The first-order valence-corrected chi connectivity index (χ1v) is 44.0. The standard InChI is InChI=1S/C94H117N23O12/c95-37-17-13-33-74(110-86(121)67(99)41-55-47-101-68-27-7-1-21-61(55)68)89(124)116-81(45-59-51-105-72-31-11-5-25-65(59)72)94(129)113-76(35-15-19-39-97)90(125)115-79(43-57-49-103-70-29-9-3-23-63(57)70)87(122)108-53-83(118)107-54-84(119)109-80(44-58-50-104-71-30-10-4-24-64(58)71)92(127)111-77(36-16-20-40-98)91(126)117-82(46-60-52-106-73-32-12-6-26-66(60)73)93(128)112-75(34-14-18-38-96)88(123)114-78(85(100)120)42-56-48-102-69-28-8-2-22-62(56)69/h1-12,21-32,47-52,67,74-82,101-106H,13-20,33-46,53-54,95-99H2,(H2,100,120)(H,107,118)(H,108,122)(H,109,119)(H,110,121)(H,111,127)(H,112,128)(H,113,129)(H,114,123)(H,115,125)(H,116,124)(H,117,126)/t67-,74-,75-,76-,77-,78-,79-,80-,81-,82-/m1/s1. The first kappa shape index (κ1) is 94.1. The van der Waals surface area contributed by atoms with E-state index in [1.54, 1.807) is 49.3 Å². The summed E-state index contributed by atoms with van der Waals surface area (Å²) in [5.41, 5.74) is 44.9. The second-order valence-corrected chi connectivity index (χ2v) is 32.6. The average Bonchev–Trinajstić information content (AvgIpc) is 1.69. The van der Waals surface area contributed by atoms with Crippen LogP contribution in [-0.2, 0) is 96.1 Å². The molecule has 12 rings (SSSR count). The number of para-hydroxylation sites is 6. The number of nitrogens with one attached hydrogen (secondary N) is 17. The lowest BCUT2D eigenvalue weighted by molar-refractivity contribution is -0.135. The van der Waals surface area contributed by atoms with Gasteiger partial charge in [0.2, 0.25) is 70.9 Å². The zero-order valence-electron chi connectivity index (χ0n) is 71.9. The van der Waals surface area contributed by atoms with Gasteiger partial charge in [0, 0.05) is 135 Å². The number of amides is 12. The van der Waals surface area contributed by atoms with Crippen molar-refractivity contribution >= 4 is 136 Å². The second kappa shape index (κ2) is 46.5. The van der Waals surface area contributed by atoms with E-state index in [0.717, 1.165) is 65.6 Å². The molecule has 35 heteroatoms. The highest BCUT2D eigenvalue weighted by molar-refractivity contribution is 6.01. The zero-order chi connectivity index (χ0) is 91.3. The Hall–Kier alpha value is -14.0. The minimum Gasteiger partial charge on any atom is -0.368 e. The molecule has 0 spiro atoms. The van der Waals surface area contributed by atoms with Crippen molar-refractivity contribution < 1.29 is 57.5 Å². The summed E-state index contributed by atoms with van der Waals surface area (Å²) in [7, 11) is 0. The molecule has 6 aromatic heterocycles. The molecule has 29 N–H and O–H groups in total. The Labute approximate surface area is 744 Å². The molecule has 129 heavy (non-hydrogen) atoms. The van der Waals surface area contributed by atoms with Crippen LogP contribution < -0.4 is 92.9 Å². The topological polar surface area (TPSA) is 588 Å². The molecule has 6 aromatic carbocycles. The first-order chi connectivity index (χ1) is 62.6. The fourth-order valence-electron chi connectivity index (χ4n) is 16.3. The normalized spacial score (nSPS) is 13.8. The third-order valence-corrected chi connectivity index (χ3v) is 23.3. The van der Waals surface area contributed by atoms with Gasteiger partial charge in [0.1, 0.15) is 54.4 Å². The zero-order valence-corrected chi connectivity index (χ0v) is 71.9. The van der Waals surface area contributed by atoms with E-state index in [1.165, 1.54) is 0 Å². The molecule has 680 valence electrons. The van der Waals surface area contributed by atoms with Gasteiger partial charge in [0.25, 0.3) is 0 Å². The minimum absolute atomic E-state index is 0.000702. The quantitative estimate of drug-likeness (QED) is 0.0243. The van der Waals surface area contributed by atoms with E-state index in [2.05, 4.69) is 88.4 Å². The number of unbranched alkanes of at least 4 members (excludes halogenated alkanes) is 4. The van der Waals surface area contributed by atoms with Gasteiger partial charge in [0.05, 0.1) is 19.1 Å². The number of carbonyl (C=O) groups is 12. The number of hydrogen-bond donors (Lipinski definition) is 23. The summed E-state index contributed by atoms with van der Waals surface area (Å²) in [6.07, 6.45) is 13.5. The highest BCUT2D eigenvalue weighted by Gasteiger charge is 2.37. The van der Waals surface area contributed by atoms with E-state index in [1.807, 2.05) is 133 Å². The molecular weight excluding hydrogens is 1640 g/mol. The van der Waals surface area contributed by atoms with Gasteiger partial charge in [0.15, 0.2) is 0 Å². The third-order valence-electron chi connectivity index (χ3n) is 23.3. The molecule has 0 saturated carbocycles. The number of aromatic amines is 6. The smallest absolute Gasteiger partial charge is 0.243 e. The highest BCUT2D eigenvalue weighted by Crippen LogP contribution is 2.27. The number of rotatable bonds is 51. The van der Waals surface area contributed by atoms with Crippen molar-refractivity contribution in [3.63, 3.8) is 0 Å². The highest BCUT2D eigenvalue weighted by atomic mass is 16.2. The van der Waals surface area contributed by atoms with Gasteiger partial charge in [-0.25, -0.2) is 0 Å². The van der Waals surface area contributed by atoms with Crippen molar-refractivity contribution in [1.82, 2.24) is 88.4 Å². The predicted octanol–water partition coefficient (Wildman–Crippen LogP) is 3.25. The number of primary amides is 1. The molecule has 0 aliphatic carbocycles. The molecule has 6 heterocycles. The Bertz CT molecular complexity index is 5880. The monoisotopic (exact) mass is 1760 g/mol. The van der Waals surface area contributed by atoms with Crippen LogP contribution in [0, 0.1) is 0 Å². The Kier molecular flexibility index (Phi) is 33.9. The van der Waals surface area contributed by atoms with E-state index in [9.17, 15) is 33.6 Å². The molecule has 0 radical (unpaired) electrons. The number of hydrogen-bond acceptors (Lipinski definition) is 17. The van der Waals surface area contributed by atoms with Crippen LogP contribution in [0.25, 0.3) is 65.4 Å². The molecule has 0 fully saturated rings. The molecule has 12 aromatic rings. The molecule has 0 saturated heterocycles. The van der Waals surface area contributed by atoms with E-state index in [4.69, 9.17) is 34.4 Å². The summed E-state index contributed by atoms with van der Waals surface area (Å²) in [6, 6.07) is 31.3. The van der Waals surface area contributed by atoms with Gasteiger partial charge in [-0.15, -0.1) is 0 Å². The number of H-pyrrole nitrogens is 6. The lowest BCUT2D eigenvalue weighted by Gasteiger charge is -2.27. The molecule has 0 bridgehead atoms. The maximum Gasteiger partial charge on any atom is 0.243 e.